The zero-order valence-electron chi connectivity index (χ0n) is 11.9. The molecule has 0 saturated carbocycles. The monoisotopic (exact) mass is 251 g/mol. The van der Waals surface area contributed by atoms with Gasteiger partial charge in [-0.1, -0.05) is 13.8 Å². The Hall–Kier alpha value is -0.870. The summed E-state index contributed by atoms with van der Waals surface area (Å²) in [5.41, 5.74) is 0. The van der Waals surface area contributed by atoms with Crippen LogP contribution in [0.3, 0.4) is 0 Å². The fraction of sp³-hybridized carbons (Fsp3) is 0.786. The summed E-state index contributed by atoms with van der Waals surface area (Å²) >= 11 is 0. The Kier molecular flexibility index (Phi) is 4.40. The highest BCUT2D eigenvalue weighted by Gasteiger charge is 2.26. The number of rotatable bonds is 3. The molecule has 1 fully saturated rings. The van der Waals surface area contributed by atoms with E-state index in [9.17, 15) is 0 Å². The van der Waals surface area contributed by atoms with Gasteiger partial charge in [0.25, 0.3) is 0 Å². The second-order valence-corrected chi connectivity index (χ2v) is 5.64. The van der Waals surface area contributed by atoms with Crippen LogP contribution in [0.4, 0.5) is 0 Å². The molecule has 4 heteroatoms. The van der Waals surface area contributed by atoms with E-state index in [-0.39, 0.29) is 6.04 Å². The lowest BCUT2D eigenvalue weighted by molar-refractivity contribution is 0.168. The standard InChI is InChI=1S/C14H25N3O/c1-10(2)13-9-17(7-5-6-15-13)12(4)14-16-8-11(3)18-14/h8,10,12-13,15H,5-7,9H2,1-4H3. The van der Waals surface area contributed by atoms with Crippen LogP contribution in [0.2, 0.25) is 0 Å². The molecule has 2 rings (SSSR count). The van der Waals surface area contributed by atoms with E-state index in [2.05, 4.69) is 36.0 Å². The van der Waals surface area contributed by atoms with Crippen LogP contribution in [0, 0.1) is 12.8 Å². The van der Waals surface area contributed by atoms with Gasteiger partial charge in [0, 0.05) is 19.1 Å². The first-order valence-corrected chi connectivity index (χ1v) is 6.97. The molecule has 2 unspecified atom stereocenters. The fourth-order valence-corrected chi connectivity index (χ4v) is 2.50. The Morgan fingerprint density at radius 1 is 1.44 bits per heavy atom. The predicted octanol–water partition coefficient (Wildman–Crippen LogP) is 2.36. The Morgan fingerprint density at radius 2 is 2.22 bits per heavy atom. The van der Waals surface area contributed by atoms with E-state index in [1.54, 1.807) is 0 Å². The molecule has 0 spiro atoms. The molecule has 102 valence electrons. The number of nitrogens with zero attached hydrogens (tertiary/aromatic N) is 2. The van der Waals surface area contributed by atoms with E-state index >= 15 is 0 Å². The number of aryl methyl sites for hydroxylation is 1. The molecule has 18 heavy (non-hydrogen) atoms. The normalized spacial score (nSPS) is 24.2. The Balaban J connectivity index is 2.06. The average Bonchev–Trinajstić information content (AvgIpc) is 2.63. The molecule has 0 amide bonds. The van der Waals surface area contributed by atoms with Crippen LogP contribution in [0.15, 0.2) is 10.6 Å². The zero-order valence-corrected chi connectivity index (χ0v) is 11.9. The Labute approximate surface area is 110 Å². The van der Waals surface area contributed by atoms with Gasteiger partial charge in [-0.2, -0.15) is 0 Å². The quantitative estimate of drug-likeness (QED) is 0.895. The summed E-state index contributed by atoms with van der Waals surface area (Å²) in [6.07, 6.45) is 3.00. The summed E-state index contributed by atoms with van der Waals surface area (Å²) in [6.45, 7) is 12.0. The second kappa shape index (κ2) is 5.85. The first-order chi connectivity index (χ1) is 8.58. The van der Waals surface area contributed by atoms with Crippen LogP contribution in [-0.2, 0) is 0 Å². The third-order valence-electron chi connectivity index (χ3n) is 3.81. The SMILES string of the molecule is Cc1cnc(C(C)N2CCCNC(C(C)C)C2)o1. The molecule has 0 aliphatic carbocycles. The first kappa shape index (κ1) is 13.6. The molecule has 1 N–H and O–H groups in total. The molecular weight excluding hydrogens is 226 g/mol. The molecule has 0 radical (unpaired) electrons. The van der Waals surface area contributed by atoms with Crippen molar-refractivity contribution in [1.29, 1.82) is 0 Å². The highest BCUT2D eigenvalue weighted by atomic mass is 16.4. The van der Waals surface area contributed by atoms with Gasteiger partial charge in [-0.15, -0.1) is 0 Å². The summed E-state index contributed by atoms with van der Waals surface area (Å²) in [4.78, 5) is 6.84. The number of hydrogen-bond acceptors (Lipinski definition) is 4. The minimum Gasteiger partial charge on any atom is -0.444 e. The van der Waals surface area contributed by atoms with Gasteiger partial charge in [-0.3, -0.25) is 4.90 Å². The van der Waals surface area contributed by atoms with E-state index in [0.717, 1.165) is 31.3 Å². The Bertz CT molecular complexity index is 375. The minimum atomic E-state index is 0.264. The molecule has 2 atom stereocenters. The maximum absolute atomic E-state index is 5.66. The summed E-state index contributed by atoms with van der Waals surface area (Å²) in [7, 11) is 0. The molecule has 1 aromatic heterocycles. The van der Waals surface area contributed by atoms with Gasteiger partial charge in [0.05, 0.1) is 12.2 Å². The number of aromatic nitrogens is 1. The van der Waals surface area contributed by atoms with Crippen molar-refractivity contribution in [1.82, 2.24) is 15.2 Å². The van der Waals surface area contributed by atoms with E-state index < -0.39 is 0 Å². The third kappa shape index (κ3) is 3.12. The largest absolute Gasteiger partial charge is 0.444 e. The van der Waals surface area contributed by atoms with Gasteiger partial charge in [-0.25, -0.2) is 4.98 Å². The molecule has 2 heterocycles. The van der Waals surface area contributed by atoms with E-state index in [4.69, 9.17) is 4.42 Å². The summed E-state index contributed by atoms with van der Waals surface area (Å²) in [5.74, 6) is 2.39. The van der Waals surface area contributed by atoms with E-state index in [0.29, 0.717) is 12.0 Å². The first-order valence-electron chi connectivity index (χ1n) is 6.97. The lowest BCUT2D eigenvalue weighted by atomic mass is 10.0. The summed E-state index contributed by atoms with van der Waals surface area (Å²) in [6, 6.07) is 0.825. The van der Waals surface area contributed by atoms with Gasteiger partial charge in [0.1, 0.15) is 5.76 Å². The maximum atomic E-state index is 5.66. The lowest BCUT2D eigenvalue weighted by Crippen LogP contribution is -2.42. The maximum Gasteiger partial charge on any atom is 0.211 e. The number of nitrogens with one attached hydrogen (secondary N) is 1. The van der Waals surface area contributed by atoms with Crippen LogP contribution in [-0.4, -0.2) is 35.6 Å². The van der Waals surface area contributed by atoms with E-state index in [1.165, 1.54) is 6.42 Å². The molecular formula is C14H25N3O. The molecule has 1 aliphatic rings. The topological polar surface area (TPSA) is 41.3 Å². The van der Waals surface area contributed by atoms with Crippen molar-refractivity contribution in [3.05, 3.63) is 17.8 Å². The molecule has 1 saturated heterocycles. The smallest absolute Gasteiger partial charge is 0.211 e. The summed E-state index contributed by atoms with van der Waals surface area (Å²) < 4.78 is 5.66. The Morgan fingerprint density at radius 3 is 2.83 bits per heavy atom. The predicted molar refractivity (Wildman–Crippen MR) is 72.5 cm³/mol. The minimum absolute atomic E-state index is 0.264. The van der Waals surface area contributed by atoms with Crippen LogP contribution < -0.4 is 5.32 Å². The third-order valence-corrected chi connectivity index (χ3v) is 3.81. The van der Waals surface area contributed by atoms with Gasteiger partial charge in [0.15, 0.2) is 0 Å². The number of hydrogen-bond donors (Lipinski definition) is 1. The fourth-order valence-electron chi connectivity index (χ4n) is 2.50. The van der Waals surface area contributed by atoms with Gasteiger partial charge < -0.3 is 9.73 Å². The van der Waals surface area contributed by atoms with Crippen molar-refractivity contribution in [3.63, 3.8) is 0 Å². The van der Waals surface area contributed by atoms with Gasteiger partial charge in [0.2, 0.25) is 5.89 Å². The molecule has 4 nitrogen and oxygen atoms in total. The van der Waals surface area contributed by atoms with Crippen molar-refractivity contribution < 1.29 is 4.42 Å². The van der Waals surface area contributed by atoms with Crippen molar-refractivity contribution in [3.8, 4) is 0 Å². The second-order valence-electron chi connectivity index (χ2n) is 5.64. The highest BCUT2D eigenvalue weighted by molar-refractivity contribution is 4.96. The average molecular weight is 251 g/mol. The van der Waals surface area contributed by atoms with Crippen molar-refractivity contribution in [2.75, 3.05) is 19.6 Å². The zero-order chi connectivity index (χ0) is 13.1. The number of oxazole rings is 1. The molecule has 1 aromatic rings. The van der Waals surface area contributed by atoms with Gasteiger partial charge in [-0.05, 0) is 32.7 Å². The van der Waals surface area contributed by atoms with Crippen LogP contribution in [0.25, 0.3) is 0 Å². The van der Waals surface area contributed by atoms with Crippen molar-refractivity contribution >= 4 is 0 Å². The van der Waals surface area contributed by atoms with Gasteiger partial charge >= 0.3 is 0 Å². The molecule has 1 aliphatic heterocycles. The highest BCUT2D eigenvalue weighted by Crippen LogP contribution is 2.22. The molecule has 0 aromatic carbocycles. The van der Waals surface area contributed by atoms with Crippen LogP contribution >= 0.6 is 0 Å². The van der Waals surface area contributed by atoms with Crippen LogP contribution in [0.5, 0.6) is 0 Å². The summed E-state index contributed by atoms with van der Waals surface area (Å²) in [5, 5.41) is 3.63. The van der Waals surface area contributed by atoms with Crippen molar-refractivity contribution in [2.45, 2.75) is 46.2 Å². The lowest BCUT2D eigenvalue weighted by Gasteiger charge is -2.29. The van der Waals surface area contributed by atoms with E-state index in [1.807, 2.05) is 13.1 Å². The molecule has 0 bridgehead atoms. The van der Waals surface area contributed by atoms with Crippen LogP contribution in [0.1, 0.15) is 44.9 Å². The van der Waals surface area contributed by atoms with Crippen molar-refractivity contribution in [2.24, 2.45) is 5.92 Å².